The molecule has 5 heteroatoms. The Kier molecular flexibility index (Phi) is 4.34. The minimum absolute atomic E-state index is 0.352. The van der Waals surface area contributed by atoms with Crippen molar-refractivity contribution in [1.29, 1.82) is 0 Å². The van der Waals surface area contributed by atoms with Crippen LogP contribution in [-0.2, 0) is 4.74 Å². The third-order valence-electron chi connectivity index (χ3n) is 2.48. The van der Waals surface area contributed by atoms with E-state index in [9.17, 15) is 9.59 Å². The summed E-state index contributed by atoms with van der Waals surface area (Å²) in [4.78, 5) is 23.1. The highest BCUT2D eigenvalue weighted by atomic mass is 16.6. The monoisotopic (exact) mass is 271 g/mol. The van der Waals surface area contributed by atoms with Gasteiger partial charge in [-0.25, -0.2) is 9.59 Å². The highest BCUT2D eigenvalue weighted by Crippen LogP contribution is 2.13. The second kappa shape index (κ2) is 6.38. The van der Waals surface area contributed by atoms with E-state index in [4.69, 9.17) is 4.74 Å². The first-order valence-electron chi connectivity index (χ1n) is 5.91. The molecule has 1 amide bonds. The molecular weight excluding hydrogens is 258 g/mol. The average molecular weight is 271 g/mol. The first-order valence-corrected chi connectivity index (χ1v) is 5.91. The van der Waals surface area contributed by atoms with Crippen molar-refractivity contribution < 1.29 is 19.1 Å². The second-order valence-corrected chi connectivity index (χ2v) is 3.90. The van der Waals surface area contributed by atoms with Crippen LogP contribution in [0, 0.1) is 0 Å². The van der Waals surface area contributed by atoms with Gasteiger partial charge in [-0.15, -0.1) is 0 Å². The summed E-state index contributed by atoms with van der Waals surface area (Å²) in [5.41, 5.74) is 0.804. The van der Waals surface area contributed by atoms with Crippen LogP contribution in [-0.4, -0.2) is 19.2 Å². The van der Waals surface area contributed by atoms with Crippen LogP contribution in [0.15, 0.2) is 54.6 Å². The van der Waals surface area contributed by atoms with E-state index in [1.807, 2.05) is 6.07 Å². The van der Waals surface area contributed by atoms with Crippen LogP contribution in [0.5, 0.6) is 5.75 Å². The van der Waals surface area contributed by atoms with Crippen molar-refractivity contribution in [1.82, 2.24) is 0 Å². The summed E-state index contributed by atoms with van der Waals surface area (Å²) < 4.78 is 9.69. The number of esters is 1. The molecule has 0 fully saturated rings. The van der Waals surface area contributed by atoms with Crippen molar-refractivity contribution in [3.63, 3.8) is 0 Å². The predicted octanol–water partition coefficient (Wildman–Crippen LogP) is 3.08. The fourth-order valence-electron chi connectivity index (χ4n) is 1.58. The maximum absolute atomic E-state index is 11.7. The van der Waals surface area contributed by atoms with Gasteiger partial charge in [0, 0.05) is 5.69 Å². The van der Waals surface area contributed by atoms with E-state index in [0.29, 0.717) is 17.0 Å². The van der Waals surface area contributed by atoms with E-state index in [1.165, 1.54) is 13.2 Å². The SMILES string of the molecule is COC(=O)c1cccc(NC(=O)Oc2ccccc2)c1. The minimum atomic E-state index is -0.627. The first kappa shape index (κ1) is 13.6. The van der Waals surface area contributed by atoms with Crippen molar-refractivity contribution in [2.75, 3.05) is 12.4 Å². The van der Waals surface area contributed by atoms with Gasteiger partial charge in [-0.2, -0.15) is 0 Å². The number of hydrogen-bond acceptors (Lipinski definition) is 4. The molecule has 0 radical (unpaired) electrons. The van der Waals surface area contributed by atoms with E-state index in [-0.39, 0.29) is 0 Å². The summed E-state index contributed by atoms with van der Waals surface area (Å²) >= 11 is 0. The summed E-state index contributed by atoms with van der Waals surface area (Å²) in [5, 5.41) is 2.54. The van der Waals surface area contributed by atoms with Crippen LogP contribution >= 0.6 is 0 Å². The summed E-state index contributed by atoms with van der Waals surface area (Å²) in [6, 6.07) is 15.1. The van der Waals surface area contributed by atoms with Gasteiger partial charge in [0.2, 0.25) is 0 Å². The molecule has 0 aromatic heterocycles. The number of anilines is 1. The summed E-state index contributed by atoms with van der Waals surface area (Å²) in [6.07, 6.45) is -0.627. The molecule has 1 N–H and O–H groups in total. The maximum Gasteiger partial charge on any atom is 0.417 e. The number of methoxy groups -OCH3 is 1. The van der Waals surface area contributed by atoms with Crippen molar-refractivity contribution in [2.45, 2.75) is 0 Å². The number of rotatable bonds is 3. The number of amides is 1. The molecule has 0 atom stereocenters. The van der Waals surface area contributed by atoms with Gasteiger partial charge in [-0.3, -0.25) is 5.32 Å². The van der Waals surface area contributed by atoms with Gasteiger partial charge in [0.25, 0.3) is 0 Å². The highest BCUT2D eigenvalue weighted by Gasteiger charge is 2.08. The highest BCUT2D eigenvalue weighted by molar-refractivity contribution is 5.92. The van der Waals surface area contributed by atoms with E-state index in [2.05, 4.69) is 10.1 Å². The Balaban J connectivity index is 2.03. The molecule has 0 aliphatic carbocycles. The molecule has 0 bridgehead atoms. The van der Waals surface area contributed by atoms with Crippen molar-refractivity contribution in [3.8, 4) is 5.75 Å². The quantitative estimate of drug-likeness (QED) is 0.871. The van der Waals surface area contributed by atoms with Crippen LogP contribution < -0.4 is 10.1 Å². The van der Waals surface area contributed by atoms with Crippen LogP contribution in [0.25, 0.3) is 0 Å². The summed E-state index contributed by atoms with van der Waals surface area (Å²) in [5.74, 6) is -0.0285. The second-order valence-electron chi connectivity index (χ2n) is 3.90. The van der Waals surface area contributed by atoms with Gasteiger partial charge in [-0.05, 0) is 30.3 Å². The molecule has 0 unspecified atom stereocenters. The number of benzene rings is 2. The Morgan fingerprint density at radius 2 is 1.75 bits per heavy atom. The van der Waals surface area contributed by atoms with Crippen molar-refractivity contribution >= 4 is 17.7 Å². The van der Waals surface area contributed by atoms with Crippen LogP contribution in [0.4, 0.5) is 10.5 Å². The normalized spacial score (nSPS) is 9.65. The van der Waals surface area contributed by atoms with E-state index < -0.39 is 12.1 Å². The third kappa shape index (κ3) is 3.58. The number of carbonyl (C=O) groups excluding carboxylic acids is 2. The Hall–Kier alpha value is -2.82. The number of hydrogen-bond donors (Lipinski definition) is 1. The molecule has 20 heavy (non-hydrogen) atoms. The van der Waals surface area contributed by atoms with Crippen molar-refractivity contribution in [3.05, 3.63) is 60.2 Å². The van der Waals surface area contributed by atoms with Gasteiger partial charge < -0.3 is 9.47 Å². The van der Waals surface area contributed by atoms with Crippen LogP contribution in [0.2, 0.25) is 0 Å². The predicted molar refractivity (Wildman–Crippen MR) is 73.9 cm³/mol. The Bertz CT molecular complexity index is 610. The lowest BCUT2D eigenvalue weighted by Gasteiger charge is -2.07. The largest absolute Gasteiger partial charge is 0.465 e. The minimum Gasteiger partial charge on any atom is -0.465 e. The van der Waals surface area contributed by atoms with E-state index in [1.54, 1.807) is 42.5 Å². The van der Waals surface area contributed by atoms with Crippen LogP contribution in [0.1, 0.15) is 10.4 Å². The Labute approximate surface area is 116 Å². The van der Waals surface area contributed by atoms with Gasteiger partial charge in [0.1, 0.15) is 5.75 Å². The maximum atomic E-state index is 11.7. The smallest absolute Gasteiger partial charge is 0.417 e. The van der Waals surface area contributed by atoms with Crippen LogP contribution in [0.3, 0.4) is 0 Å². The molecule has 0 heterocycles. The molecule has 0 aliphatic rings. The third-order valence-corrected chi connectivity index (χ3v) is 2.48. The lowest BCUT2D eigenvalue weighted by atomic mass is 10.2. The first-order chi connectivity index (χ1) is 9.69. The number of carbonyl (C=O) groups is 2. The summed E-state index contributed by atoms with van der Waals surface area (Å²) in [7, 11) is 1.30. The average Bonchev–Trinajstić information content (AvgIpc) is 2.47. The molecule has 0 saturated carbocycles. The van der Waals surface area contributed by atoms with Crippen molar-refractivity contribution in [2.24, 2.45) is 0 Å². The fourth-order valence-corrected chi connectivity index (χ4v) is 1.58. The zero-order valence-electron chi connectivity index (χ0n) is 10.8. The Morgan fingerprint density at radius 1 is 1.00 bits per heavy atom. The van der Waals surface area contributed by atoms with Gasteiger partial charge in [0.15, 0.2) is 0 Å². The molecule has 0 saturated heterocycles. The zero-order valence-corrected chi connectivity index (χ0v) is 10.8. The molecule has 2 rings (SSSR count). The molecule has 2 aromatic carbocycles. The number of nitrogens with one attached hydrogen (secondary N) is 1. The lowest BCUT2D eigenvalue weighted by Crippen LogP contribution is -2.17. The van der Waals surface area contributed by atoms with Gasteiger partial charge in [-0.1, -0.05) is 24.3 Å². The zero-order chi connectivity index (χ0) is 14.4. The lowest BCUT2D eigenvalue weighted by molar-refractivity contribution is 0.0600. The van der Waals surface area contributed by atoms with E-state index >= 15 is 0 Å². The molecule has 5 nitrogen and oxygen atoms in total. The molecule has 0 aliphatic heterocycles. The topological polar surface area (TPSA) is 64.6 Å². The Morgan fingerprint density at radius 3 is 2.45 bits per heavy atom. The summed E-state index contributed by atoms with van der Waals surface area (Å²) in [6.45, 7) is 0. The molecular formula is C15H13NO4. The molecule has 0 spiro atoms. The van der Waals surface area contributed by atoms with Gasteiger partial charge in [0.05, 0.1) is 12.7 Å². The number of ether oxygens (including phenoxy) is 2. The number of para-hydroxylation sites is 1. The standard InChI is InChI=1S/C15H13NO4/c1-19-14(17)11-6-5-7-12(10-11)16-15(18)20-13-8-3-2-4-9-13/h2-10H,1H3,(H,16,18). The van der Waals surface area contributed by atoms with Gasteiger partial charge >= 0.3 is 12.1 Å². The fraction of sp³-hybridized carbons (Fsp3) is 0.0667. The van der Waals surface area contributed by atoms with E-state index in [0.717, 1.165) is 0 Å². The molecule has 102 valence electrons. The molecule has 2 aromatic rings.